The van der Waals surface area contributed by atoms with Gasteiger partial charge in [0, 0.05) is 25.2 Å². The minimum atomic E-state index is -0.991. The third-order valence-electron chi connectivity index (χ3n) is 2.43. The number of aromatic nitrogens is 1. The average molecular weight is 265 g/mol. The Bertz CT molecular complexity index is 460. The quantitative estimate of drug-likeness (QED) is 0.693. The first-order valence-electron chi connectivity index (χ1n) is 6.25. The smallest absolute Gasteiger partial charge is 0.335 e. The second-order valence-corrected chi connectivity index (χ2v) is 4.21. The predicted molar refractivity (Wildman–Crippen MR) is 72.3 cm³/mol. The van der Waals surface area contributed by atoms with E-state index in [0.29, 0.717) is 31.0 Å². The molecule has 0 aliphatic heterocycles. The topological polar surface area (TPSA) is 91.3 Å². The van der Waals surface area contributed by atoms with Crippen molar-refractivity contribution in [1.82, 2.24) is 10.3 Å². The van der Waals surface area contributed by atoms with Crippen LogP contribution in [0.3, 0.4) is 0 Å². The molecule has 0 atom stereocenters. The lowest BCUT2D eigenvalue weighted by Gasteiger charge is -2.08. The molecule has 3 N–H and O–H groups in total. The van der Waals surface area contributed by atoms with Gasteiger partial charge in [-0.05, 0) is 25.5 Å². The molecule has 0 aliphatic carbocycles. The number of anilines is 1. The van der Waals surface area contributed by atoms with Crippen LogP contribution in [0.1, 0.15) is 35.8 Å². The Kier molecular flexibility index (Phi) is 5.78. The lowest BCUT2D eigenvalue weighted by atomic mass is 10.2. The largest absolute Gasteiger partial charge is 0.478 e. The highest BCUT2D eigenvalue weighted by Gasteiger charge is 2.07. The lowest BCUT2D eigenvalue weighted by Crippen LogP contribution is -2.26. The first-order valence-corrected chi connectivity index (χ1v) is 6.25. The van der Waals surface area contributed by atoms with Crippen LogP contribution >= 0.6 is 0 Å². The number of carbonyl (C=O) groups is 2. The maximum atomic E-state index is 11.4. The van der Waals surface area contributed by atoms with Gasteiger partial charge in [-0.3, -0.25) is 4.79 Å². The van der Waals surface area contributed by atoms with Crippen molar-refractivity contribution in [3.63, 3.8) is 0 Å². The zero-order chi connectivity index (χ0) is 14.3. The number of carboxylic acid groups (broad SMARTS) is 1. The molecule has 0 bridgehead atoms. The van der Waals surface area contributed by atoms with Crippen molar-refractivity contribution in [2.24, 2.45) is 0 Å². The molecule has 1 rings (SSSR count). The highest BCUT2D eigenvalue weighted by atomic mass is 16.4. The second kappa shape index (κ2) is 7.35. The van der Waals surface area contributed by atoms with E-state index in [1.54, 1.807) is 6.92 Å². The molecule has 1 aromatic rings. The molecule has 1 aromatic heterocycles. The monoisotopic (exact) mass is 265 g/mol. The summed E-state index contributed by atoms with van der Waals surface area (Å²) in [5, 5.41) is 14.6. The number of nitrogens with one attached hydrogen (secondary N) is 2. The van der Waals surface area contributed by atoms with Crippen molar-refractivity contribution in [2.75, 3.05) is 18.4 Å². The van der Waals surface area contributed by atoms with Gasteiger partial charge in [0.15, 0.2) is 0 Å². The molecule has 0 saturated heterocycles. The number of rotatable bonds is 7. The Balaban J connectivity index is 2.49. The Morgan fingerprint density at radius 2 is 2.05 bits per heavy atom. The number of carboxylic acids is 1. The van der Waals surface area contributed by atoms with E-state index in [1.165, 1.54) is 12.1 Å². The lowest BCUT2D eigenvalue weighted by molar-refractivity contribution is -0.120. The van der Waals surface area contributed by atoms with Gasteiger partial charge in [-0.25, -0.2) is 9.78 Å². The van der Waals surface area contributed by atoms with Crippen LogP contribution in [-0.4, -0.2) is 35.1 Å². The molecule has 6 heteroatoms. The van der Waals surface area contributed by atoms with Crippen LogP contribution in [0, 0.1) is 6.92 Å². The van der Waals surface area contributed by atoms with Crippen molar-refractivity contribution in [3.8, 4) is 0 Å². The van der Waals surface area contributed by atoms with E-state index in [2.05, 4.69) is 15.6 Å². The van der Waals surface area contributed by atoms with Crippen LogP contribution < -0.4 is 10.6 Å². The molecule has 0 spiro atoms. The van der Waals surface area contributed by atoms with E-state index in [-0.39, 0.29) is 11.5 Å². The molecule has 0 unspecified atom stereocenters. The maximum Gasteiger partial charge on any atom is 0.335 e. The van der Waals surface area contributed by atoms with Gasteiger partial charge in [0.2, 0.25) is 5.91 Å². The number of aryl methyl sites for hydroxylation is 1. The van der Waals surface area contributed by atoms with Crippen molar-refractivity contribution >= 4 is 17.7 Å². The summed E-state index contributed by atoms with van der Waals surface area (Å²) >= 11 is 0. The second-order valence-electron chi connectivity index (χ2n) is 4.21. The van der Waals surface area contributed by atoms with Crippen LogP contribution in [-0.2, 0) is 4.79 Å². The van der Waals surface area contributed by atoms with Gasteiger partial charge in [-0.15, -0.1) is 0 Å². The van der Waals surface area contributed by atoms with Gasteiger partial charge in [0.1, 0.15) is 5.82 Å². The van der Waals surface area contributed by atoms with Gasteiger partial charge in [0.25, 0.3) is 0 Å². The van der Waals surface area contributed by atoms with E-state index in [9.17, 15) is 9.59 Å². The van der Waals surface area contributed by atoms with E-state index >= 15 is 0 Å². The Morgan fingerprint density at radius 3 is 2.68 bits per heavy atom. The third kappa shape index (κ3) is 5.37. The van der Waals surface area contributed by atoms with Crippen molar-refractivity contribution in [1.29, 1.82) is 0 Å². The molecular formula is C13H19N3O3. The number of pyridine rings is 1. The normalized spacial score (nSPS) is 10.0. The fraction of sp³-hybridized carbons (Fsp3) is 0.462. The standard InChI is InChI=1S/C13H19N3O3/c1-3-5-15-12(17)4-6-14-11-8-10(13(18)19)7-9(2)16-11/h7-8H,3-6H2,1-2H3,(H,14,16)(H,15,17)(H,18,19). The van der Waals surface area contributed by atoms with Gasteiger partial charge in [-0.2, -0.15) is 0 Å². The zero-order valence-corrected chi connectivity index (χ0v) is 11.2. The van der Waals surface area contributed by atoms with Crippen LogP contribution in [0.15, 0.2) is 12.1 Å². The third-order valence-corrected chi connectivity index (χ3v) is 2.43. The molecule has 1 amide bonds. The number of aromatic carboxylic acids is 1. The minimum Gasteiger partial charge on any atom is -0.478 e. The van der Waals surface area contributed by atoms with Crippen molar-refractivity contribution in [2.45, 2.75) is 26.7 Å². The molecular weight excluding hydrogens is 246 g/mol. The fourth-order valence-corrected chi connectivity index (χ4v) is 1.54. The molecule has 0 aromatic carbocycles. The average Bonchev–Trinajstić information content (AvgIpc) is 2.35. The summed E-state index contributed by atoms with van der Waals surface area (Å²) in [6.07, 6.45) is 1.23. The van der Waals surface area contributed by atoms with Crippen molar-refractivity contribution < 1.29 is 14.7 Å². The van der Waals surface area contributed by atoms with Gasteiger partial charge >= 0.3 is 5.97 Å². The number of carbonyl (C=O) groups excluding carboxylic acids is 1. The first-order chi connectivity index (χ1) is 9.02. The summed E-state index contributed by atoms with van der Waals surface area (Å²) in [5.74, 6) is -0.546. The molecule has 104 valence electrons. The predicted octanol–water partition coefficient (Wildman–Crippen LogP) is 1.42. The van der Waals surface area contributed by atoms with Crippen LogP contribution in [0.2, 0.25) is 0 Å². The van der Waals surface area contributed by atoms with Crippen LogP contribution in [0.4, 0.5) is 5.82 Å². The summed E-state index contributed by atoms with van der Waals surface area (Å²) in [7, 11) is 0. The molecule has 0 fully saturated rings. The number of nitrogens with zero attached hydrogens (tertiary/aromatic N) is 1. The summed E-state index contributed by atoms with van der Waals surface area (Å²) in [6, 6.07) is 2.96. The Morgan fingerprint density at radius 1 is 1.32 bits per heavy atom. The van der Waals surface area contributed by atoms with Gasteiger partial charge in [-0.1, -0.05) is 6.92 Å². The summed E-state index contributed by atoms with van der Waals surface area (Å²) in [5.41, 5.74) is 0.809. The Labute approximate surface area is 112 Å². The highest BCUT2D eigenvalue weighted by molar-refractivity contribution is 5.88. The molecule has 0 aliphatic rings. The first kappa shape index (κ1) is 14.9. The minimum absolute atomic E-state index is 0.0274. The molecule has 6 nitrogen and oxygen atoms in total. The van der Waals surface area contributed by atoms with Gasteiger partial charge < -0.3 is 15.7 Å². The van der Waals surface area contributed by atoms with E-state index in [0.717, 1.165) is 6.42 Å². The number of hydrogen-bond acceptors (Lipinski definition) is 4. The van der Waals surface area contributed by atoms with Crippen molar-refractivity contribution in [3.05, 3.63) is 23.4 Å². The summed E-state index contributed by atoms with van der Waals surface area (Å²) < 4.78 is 0. The van der Waals surface area contributed by atoms with Crippen LogP contribution in [0.25, 0.3) is 0 Å². The zero-order valence-electron chi connectivity index (χ0n) is 11.2. The SMILES string of the molecule is CCCNC(=O)CCNc1cc(C(=O)O)cc(C)n1. The fourth-order valence-electron chi connectivity index (χ4n) is 1.54. The Hall–Kier alpha value is -2.11. The molecule has 0 saturated carbocycles. The number of amides is 1. The highest BCUT2D eigenvalue weighted by Crippen LogP contribution is 2.10. The van der Waals surface area contributed by atoms with E-state index in [4.69, 9.17) is 5.11 Å². The van der Waals surface area contributed by atoms with E-state index in [1.807, 2.05) is 6.92 Å². The molecule has 1 heterocycles. The summed E-state index contributed by atoms with van der Waals surface area (Å²) in [4.78, 5) is 26.4. The molecule has 19 heavy (non-hydrogen) atoms. The number of hydrogen-bond donors (Lipinski definition) is 3. The maximum absolute atomic E-state index is 11.4. The van der Waals surface area contributed by atoms with Crippen LogP contribution in [0.5, 0.6) is 0 Å². The van der Waals surface area contributed by atoms with E-state index < -0.39 is 5.97 Å². The van der Waals surface area contributed by atoms with Gasteiger partial charge in [0.05, 0.1) is 5.56 Å². The summed E-state index contributed by atoms with van der Waals surface area (Å²) in [6.45, 7) is 4.81. The molecule has 0 radical (unpaired) electrons.